The van der Waals surface area contributed by atoms with Gasteiger partial charge in [0, 0.05) is 16.4 Å². The number of carbonyl (C=O) groups excluding carboxylic acids is 1. The van der Waals surface area contributed by atoms with Gasteiger partial charge in [0.2, 0.25) is 5.91 Å². The maximum Gasteiger partial charge on any atom is 0.326 e. The smallest absolute Gasteiger partial charge is 0.326 e. The maximum atomic E-state index is 12.3. The minimum absolute atomic E-state index is 0.212. The molecule has 0 saturated carbocycles. The molecule has 0 aliphatic carbocycles. The molecular weight excluding hydrogens is 505 g/mol. The van der Waals surface area contributed by atoms with E-state index >= 15 is 0 Å². The molecule has 1 atom stereocenters. The Kier molecular flexibility index (Phi) is 8.46. The van der Waals surface area contributed by atoms with Gasteiger partial charge in [0.05, 0.1) is 0 Å². The van der Waals surface area contributed by atoms with E-state index in [9.17, 15) is 14.7 Å². The molecule has 3 aromatic rings. The number of aliphatic carboxylic acids is 1. The fourth-order valence-electron chi connectivity index (χ4n) is 3.07. The van der Waals surface area contributed by atoms with Gasteiger partial charge in [-0.2, -0.15) is 0 Å². The van der Waals surface area contributed by atoms with Crippen LogP contribution in [-0.2, 0) is 29.0 Å². The van der Waals surface area contributed by atoms with E-state index in [0.29, 0.717) is 18.8 Å². The largest absolute Gasteiger partial charge is 0.489 e. The molecule has 3 aromatic carbocycles. The van der Waals surface area contributed by atoms with Crippen LogP contribution in [0.5, 0.6) is 5.75 Å². The summed E-state index contributed by atoms with van der Waals surface area (Å²) < 4.78 is 6.89. The Morgan fingerprint density at radius 2 is 1.52 bits per heavy atom. The molecule has 6 heteroatoms. The third-order valence-electron chi connectivity index (χ3n) is 4.80. The maximum absolute atomic E-state index is 12.3. The summed E-state index contributed by atoms with van der Waals surface area (Å²) in [6.45, 7) is 0.467. The summed E-state index contributed by atoms with van der Waals surface area (Å²) in [5, 5.41) is 12.2. The third-order valence-corrected chi connectivity index (χ3v) is 5.52. The third kappa shape index (κ3) is 7.71. The summed E-state index contributed by atoms with van der Waals surface area (Å²) >= 11 is 2.23. The zero-order valence-corrected chi connectivity index (χ0v) is 19.1. The van der Waals surface area contributed by atoms with Crippen molar-refractivity contribution in [2.24, 2.45) is 0 Å². The fraction of sp³-hybridized carbons (Fsp3) is 0.200. The molecule has 2 N–H and O–H groups in total. The summed E-state index contributed by atoms with van der Waals surface area (Å²) in [5.74, 6) is -0.609. The van der Waals surface area contributed by atoms with Gasteiger partial charge in [-0.1, -0.05) is 54.6 Å². The summed E-state index contributed by atoms with van der Waals surface area (Å²) in [7, 11) is 0. The second-order valence-corrected chi connectivity index (χ2v) is 8.45. The Morgan fingerprint density at radius 3 is 2.16 bits per heavy atom. The van der Waals surface area contributed by atoms with E-state index in [0.717, 1.165) is 20.3 Å². The van der Waals surface area contributed by atoms with Crippen LogP contribution in [0.4, 0.5) is 0 Å². The lowest BCUT2D eigenvalue weighted by Gasteiger charge is -2.15. The minimum atomic E-state index is -1.05. The molecule has 0 fully saturated rings. The molecule has 0 aliphatic rings. The molecule has 0 spiro atoms. The first kappa shape index (κ1) is 22.8. The quantitative estimate of drug-likeness (QED) is 0.376. The fourth-order valence-corrected chi connectivity index (χ4v) is 3.43. The zero-order chi connectivity index (χ0) is 22.1. The number of carboxylic acid groups (broad SMARTS) is 1. The lowest BCUT2D eigenvalue weighted by molar-refractivity contribution is -0.141. The normalized spacial score (nSPS) is 11.5. The first-order valence-corrected chi connectivity index (χ1v) is 11.1. The highest BCUT2D eigenvalue weighted by Crippen LogP contribution is 2.16. The lowest BCUT2D eigenvalue weighted by Crippen LogP contribution is -2.42. The molecule has 0 radical (unpaired) electrons. The van der Waals surface area contributed by atoms with Crippen molar-refractivity contribution in [3.05, 3.63) is 99.1 Å². The van der Waals surface area contributed by atoms with Gasteiger partial charge in [0.1, 0.15) is 18.4 Å². The van der Waals surface area contributed by atoms with Gasteiger partial charge < -0.3 is 15.2 Å². The Hall–Kier alpha value is -2.87. The Labute approximate surface area is 195 Å². The van der Waals surface area contributed by atoms with Gasteiger partial charge in [0.15, 0.2) is 0 Å². The monoisotopic (exact) mass is 529 g/mol. The van der Waals surface area contributed by atoms with E-state index in [-0.39, 0.29) is 18.7 Å². The minimum Gasteiger partial charge on any atom is -0.489 e. The molecule has 0 heterocycles. The summed E-state index contributed by atoms with van der Waals surface area (Å²) in [4.78, 5) is 23.9. The second-order valence-electron chi connectivity index (χ2n) is 7.21. The topological polar surface area (TPSA) is 75.6 Å². The highest BCUT2D eigenvalue weighted by molar-refractivity contribution is 14.1. The molecule has 0 saturated heterocycles. The molecule has 0 aromatic heterocycles. The number of amides is 1. The van der Waals surface area contributed by atoms with Crippen LogP contribution in [0.1, 0.15) is 23.1 Å². The SMILES string of the molecule is O=C(CCc1ccc(I)cc1)NC(Cc1ccc(OCc2ccccc2)cc1)C(=O)O. The van der Waals surface area contributed by atoms with Gasteiger partial charge in [-0.3, -0.25) is 4.79 Å². The van der Waals surface area contributed by atoms with Crippen LogP contribution in [-0.4, -0.2) is 23.0 Å². The molecule has 0 bridgehead atoms. The Bertz CT molecular complexity index is 988. The average Bonchev–Trinajstić information content (AvgIpc) is 2.78. The van der Waals surface area contributed by atoms with Gasteiger partial charge >= 0.3 is 5.97 Å². The Morgan fingerprint density at radius 1 is 0.871 bits per heavy atom. The van der Waals surface area contributed by atoms with Crippen molar-refractivity contribution in [2.75, 3.05) is 0 Å². The highest BCUT2D eigenvalue weighted by Gasteiger charge is 2.20. The number of benzene rings is 3. The van der Waals surface area contributed by atoms with Crippen molar-refractivity contribution in [1.29, 1.82) is 0 Å². The molecule has 3 rings (SSSR count). The van der Waals surface area contributed by atoms with Crippen LogP contribution in [0.3, 0.4) is 0 Å². The average molecular weight is 529 g/mol. The molecule has 5 nitrogen and oxygen atoms in total. The van der Waals surface area contributed by atoms with Gasteiger partial charge in [-0.25, -0.2) is 4.79 Å². The van der Waals surface area contributed by atoms with E-state index in [1.54, 1.807) is 0 Å². The molecule has 1 unspecified atom stereocenters. The van der Waals surface area contributed by atoms with Crippen LogP contribution in [0.2, 0.25) is 0 Å². The predicted octanol–water partition coefficient (Wildman–Crippen LogP) is 4.61. The lowest BCUT2D eigenvalue weighted by atomic mass is 10.0. The van der Waals surface area contributed by atoms with E-state index in [1.165, 1.54) is 0 Å². The number of rotatable bonds is 10. The van der Waals surface area contributed by atoms with Crippen molar-refractivity contribution < 1.29 is 19.4 Å². The van der Waals surface area contributed by atoms with Crippen molar-refractivity contribution in [3.63, 3.8) is 0 Å². The first-order chi connectivity index (χ1) is 15.0. The molecule has 1 amide bonds. The van der Waals surface area contributed by atoms with Gasteiger partial charge in [-0.05, 0) is 70.0 Å². The van der Waals surface area contributed by atoms with E-state index in [2.05, 4.69) is 27.9 Å². The van der Waals surface area contributed by atoms with Crippen LogP contribution in [0, 0.1) is 3.57 Å². The number of halogens is 1. The van der Waals surface area contributed by atoms with Crippen molar-refractivity contribution >= 4 is 34.5 Å². The number of aryl methyl sites for hydroxylation is 1. The highest BCUT2D eigenvalue weighted by atomic mass is 127. The number of nitrogens with one attached hydrogen (secondary N) is 1. The molecule has 0 aliphatic heterocycles. The van der Waals surface area contributed by atoms with E-state index in [4.69, 9.17) is 4.74 Å². The number of ether oxygens (including phenoxy) is 1. The van der Waals surface area contributed by atoms with Crippen molar-refractivity contribution in [2.45, 2.75) is 31.9 Å². The summed E-state index contributed by atoms with van der Waals surface area (Å²) in [6.07, 6.45) is 1.03. The number of carbonyl (C=O) groups is 2. The number of hydrogen-bond donors (Lipinski definition) is 2. The predicted molar refractivity (Wildman–Crippen MR) is 128 cm³/mol. The summed E-state index contributed by atoms with van der Waals surface area (Å²) in [6, 6.07) is 24.1. The second kappa shape index (κ2) is 11.5. The van der Waals surface area contributed by atoms with Crippen molar-refractivity contribution in [3.8, 4) is 5.75 Å². The van der Waals surface area contributed by atoms with Crippen LogP contribution < -0.4 is 10.1 Å². The molecule has 31 heavy (non-hydrogen) atoms. The molecular formula is C25H24INO4. The van der Waals surface area contributed by atoms with Crippen LogP contribution in [0.25, 0.3) is 0 Å². The first-order valence-electron chi connectivity index (χ1n) is 10.0. The number of carboxylic acids is 1. The standard InChI is InChI=1S/C25H24INO4/c26-21-11-6-18(7-12-21)10-15-24(28)27-23(25(29)30)16-19-8-13-22(14-9-19)31-17-20-4-2-1-3-5-20/h1-9,11-14,23H,10,15-17H2,(H,27,28)(H,29,30). The van der Waals surface area contributed by atoms with Crippen LogP contribution >= 0.6 is 22.6 Å². The van der Waals surface area contributed by atoms with Crippen molar-refractivity contribution in [1.82, 2.24) is 5.32 Å². The van der Waals surface area contributed by atoms with E-state index < -0.39 is 12.0 Å². The van der Waals surface area contributed by atoms with E-state index in [1.807, 2.05) is 78.9 Å². The van der Waals surface area contributed by atoms with Gasteiger partial charge in [0.25, 0.3) is 0 Å². The summed E-state index contributed by atoms with van der Waals surface area (Å²) in [5.41, 5.74) is 2.94. The number of hydrogen-bond acceptors (Lipinski definition) is 3. The van der Waals surface area contributed by atoms with Crippen LogP contribution in [0.15, 0.2) is 78.9 Å². The van der Waals surface area contributed by atoms with Gasteiger partial charge in [-0.15, -0.1) is 0 Å². The molecule has 160 valence electrons. The Balaban J connectivity index is 1.50. The zero-order valence-electron chi connectivity index (χ0n) is 17.0.